The van der Waals surface area contributed by atoms with Crippen LogP contribution in [0.5, 0.6) is 11.5 Å². The quantitative estimate of drug-likeness (QED) is 0.207. The van der Waals surface area contributed by atoms with E-state index < -0.39 is 11.5 Å². The fourth-order valence-corrected chi connectivity index (χ4v) is 4.12. The molecule has 0 bridgehead atoms. The summed E-state index contributed by atoms with van der Waals surface area (Å²) < 4.78 is 25.1. The molecule has 0 spiro atoms. The first kappa shape index (κ1) is 26.1. The number of rotatable bonds is 9. The number of benzene rings is 4. The summed E-state index contributed by atoms with van der Waals surface area (Å²) in [5, 5.41) is 15.6. The van der Waals surface area contributed by atoms with Crippen LogP contribution in [0.2, 0.25) is 0 Å². The molecule has 0 radical (unpaired) electrons. The van der Waals surface area contributed by atoms with Gasteiger partial charge in [0, 0.05) is 10.0 Å². The largest absolute Gasteiger partial charge is 0.493 e. The van der Waals surface area contributed by atoms with E-state index in [1.807, 2.05) is 12.1 Å². The van der Waals surface area contributed by atoms with E-state index >= 15 is 0 Å². The first-order valence-electron chi connectivity index (χ1n) is 11.3. The molecule has 1 amide bonds. The van der Waals surface area contributed by atoms with E-state index in [1.165, 1.54) is 25.5 Å². The minimum absolute atomic E-state index is 0.226. The smallest absolute Gasteiger partial charge is 0.281 e. The van der Waals surface area contributed by atoms with Gasteiger partial charge < -0.3 is 14.6 Å². The van der Waals surface area contributed by atoms with Crippen molar-refractivity contribution >= 4 is 28.1 Å². The first-order chi connectivity index (χ1) is 17.9. The van der Waals surface area contributed by atoms with Crippen LogP contribution < -0.4 is 14.9 Å². The molecule has 37 heavy (non-hydrogen) atoms. The van der Waals surface area contributed by atoms with Crippen molar-refractivity contribution in [3.8, 4) is 11.5 Å². The number of aliphatic hydroxyl groups is 1. The highest BCUT2D eigenvalue weighted by atomic mass is 79.9. The number of hydrogen-bond acceptors (Lipinski definition) is 5. The molecular weight excluding hydrogens is 539 g/mol. The molecule has 0 heterocycles. The molecule has 0 aliphatic rings. The number of hydrogen-bond donors (Lipinski definition) is 2. The number of carbonyl (C=O) groups is 1. The summed E-state index contributed by atoms with van der Waals surface area (Å²) in [4.78, 5) is 13.2. The molecule has 0 atom stereocenters. The van der Waals surface area contributed by atoms with Crippen molar-refractivity contribution in [1.82, 2.24) is 5.43 Å². The van der Waals surface area contributed by atoms with E-state index in [9.17, 15) is 14.3 Å². The van der Waals surface area contributed by atoms with Crippen molar-refractivity contribution in [1.29, 1.82) is 0 Å². The number of amides is 1. The van der Waals surface area contributed by atoms with Gasteiger partial charge in [0.25, 0.3) is 5.91 Å². The van der Waals surface area contributed by atoms with Crippen LogP contribution in [-0.2, 0) is 17.0 Å². The Bertz CT molecular complexity index is 1340. The molecule has 0 aromatic heterocycles. The highest BCUT2D eigenvalue weighted by Crippen LogP contribution is 2.34. The monoisotopic (exact) mass is 562 g/mol. The molecule has 6 nitrogen and oxygen atoms in total. The topological polar surface area (TPSA) is 80.2 Å². The SMILES string of the molecule is COc1cc(/C=N/NC(=O)C(O)(c2ccccc2)c2ccccc2)c(Br)cc1OCc1ccc(F)cc1. The van der Waals surface area contributed by atoms with Crippen LogP contribution in [0.1, 0.15) is 22.3 Å². The lowest BCUT2D eigenvalue weighted by Gasteiger charge is -2.27. The third-order valence-electron chi connectivity index (χ3n) is 5.67. The Balaban J connectivity index is 1.52. The molecule has 0 aliphatic carbocycles. The normalized spacial score (nSPS) is 11.4. The van der Waals surface area contributed by atoms with Gasteiger partial charge in [-0.15, -0.1) is 0 Å². The van der Waals surface area contributed by atoms with Crippen molar-refractivity contribution in [3.63, 3.8) is 0 Å². The summed E-state index contributed by atoms with van der Waals surface area (Å²) in [6, 6.07) is 26.8. The van der Waals surface area contributed by atoms with Crippen LogP contribution in [-0.4, -0.2) is 24.3 Å². The Labute approximate surface area is 222 Å². The van der Waals surface area contributed by atoms with Crippen LogP contribution in [0.4, 0.5) is 4.39 Å². The van der Waals surface area contributed by atoms with Gasteiger partial charge >= 0.3 is 0 Å². The maximum Gasteiger partial charge on any atom is 0.281 e. The summed E-state index contributed by atoms with van der Waals surface area (Å²) in [5.74, 6) is -0.0974. The summed E-state index contributed by atoms with van der Waals surface area (Å²) in [7, 11) is 1.51. The Morgan fingerprint density at radius 3 is 2.14 bits per heavy atom. The molecule has 2 N–H and O–H groups in total. The molecule has 4 aromatic carbocycles. The Morgan fingerprint density at radius 2 is 1.57 bits per heavy atom. The minimum atomic E-state index is -1.94. The standard InChI is InChI=1S/C29H24BrFN2O4/c1-36-26-16-21(25(30)17-27(26)37-19-20-12-14-24(31)15-13-20)18-32-33-28(34)29(35,22-8-4-2-5-9-22)23-10-6-3-7-11-23/h2-18,35H,19H2,1H3,(H,33,34)/b32-18+. The third-order valence-corrected chi connectivity index (χ3v) is 6.36. The maximum absolute atomic E-state index is 13.2. The Hall–Kier alpha value is -4.01. The first-order valence-corrected chi connectivity index (χ1v) is 12.1. The van der Waals surface area contributed by atoms with E-state index in [-0.39, 0.29) is 12.4 Å². The van der Waals surface area contributed by atoms with Gasteiger partial charge in [-0.05, 0) is 56.9 Å². The molecular formula is C29H24BrFN2O4. The van der Waals surface area contributed by atoms with Gasteiger partial charge in [0.2, 0.25) is 0 Å². The lowest BCUT2D eigenvalue weighted by atomic mass is 9.85. The second-order valence-corrected chi connectivity index (χ2v) is 8.94. The van der Waals surface area contributed by atoms with Crippen LogP contribution in [0.15, 0.2) is 107 Å². The van der Waals surface area contributed by atoms with Gasteiger partial charge in [-0.2, -0.15) is 5.10 Å². The van der Waals surface area contributed by atoms with Gasteiger partial charge in [-0.3, -0.25) is 4.79 Å². The zero-order valence-corrected chi connectivity index (χ0v) is 21.5. The average Bonchev–Trinajstić information content (AvgIpc) is 2.94. The second kappa shape index (κ2) is 11.8. The highest BCUT2D eigenvalue weighted by molar-refractivity contribution is 9.10. The molecule has 0 saturated heterocycles. The van der Waals surface area contributed by atoms with Crippen molar-refractivity contribution < 1.29 is 23.8 Å². The molecule has 0 aliphatic heterocycles. The molecule has 0 saturated carbocycles. The van der Waals surface area contributed by atoms with Crippen LogP contribution >= 0.6 is 15.9 Å². The fourth-order valence-electron chi connectivity index (χ4n) is 3.69. The van der Waals surface area contributed by atoms with E-state index in [4.69, 9.17) is 9.47 Å². The van der Waals surface area contributed by atoms with Gasteiger partial charge in [0.05, 0.1) is 13.3 Å². The predicted molar refractivity (Wildman–Crippen MR) is 143 cm³/mol. The number of carbonyl (C=O) groups excluding carboxylic acids is 1. The zero-order valence-electron chi connectivity index (χ0n) is 19.9. The Kier molecular flexibility index (Phi) is 8.32. The molecule has 0 unspecified atom stereocenters. The molecule has 8 heteroatoms. The van der Waals surface area contributed by atoms with Crippen molar-refractivity contribution in [2.24, 2.45) is 5.10 Å². The fraction of sp³-hybridized carbons (Fsp3) is 0.103. The number of nitrogens with one attached hydrogen (secondary N) is 1. The predicted octanol–water partition coefficient (Wildman–Crippen LogP) is 5.56. The van der Waals surface area contributed by atoms with E-state index in [2.05, 4.69) is 26.5 Å². The third kappa shape index (κ3) is 6.04. The molecule has 0 fully saturated rings. The summed E-state index contributed by atoms with van der Waals surface area (Å²) in [6.45, 7) is 0.226. The van der Waals surface area contributed by atoms with E-state index in [0.29, 0.717) is 32.7 Å². The molecule has 188 valence electrons. The average molecular weight is 563 g/mol. The lowest BCUT2D eigenvalue weighted by molar-refractivity contribution is -0.136. The lowest BCUT2D eigenvalue weighted by Crippen LogP contribution is -2.43. The Morgan fingerprint density at radius 1 is 0.973 bits per heavy atom. The van der Waals surface area contributed by atoms with Crippen molar-refractivity contribution in [3.05, 3.63) is 130 Å². The van der Waals surface area contributed by atoms with Gasteiger partial charge in [0.15, 0.2) is 17.1 Å². The van der Waals surface area contributed by atoms with E-state index in [0.717, 1.165) is 5.56 Å². The number of nitrogens with zero attached hydrogens (tertiary/aromatic N) is 1. The van der Waals surface area contributed by atoms with Gasteiger partial charge in [-0.25, -0.2) is 9.82 Å². The summed E-state index contributed by atoms with van der Waals surface area (Å²) in [6.07, 6.45) is 1.44. The summed E-state index contributed by atoms with van der Waals surface area (Å²) >= 11 is 3.49. The molecule has 4 rings (SSSR count). The molecule has 4 aromatic rings. The highest BCUT2D eigenvalue weighted by Gasteiger charge is 2.39. The number of ether oxygens (including phenoxy) is 2. The summed E-state index contributed by atoms with van der Waals surface area (Å²) in [5.41, 5.74) is 2.76. The minimum Gasteiger partial charge on any atom is -0.493 e. The van der Waals surface area contributed by atoms with Crippen molar-refractivity contribution in [2.75, 3.05) is 7.11 Å². The van der Waals surface area contributed by atoms with Crippen molar-refractivity contribution in [2.45, 2.75) is 12.2 Å². The second-order valence-electron chi connectivity index (χ2n) is 8.08. The maximum atomic E-state index is 13.2. The van der Waals surface area contributed by atoms with E-state index in [1.54, 1.807) is 72.8 Å². The van der Waals surface area contributed by atoms with Crippen LogP contribution in [0.25, 0.3) is 0 Å². The number of halogens is 2. The number of methoxy groups -OCH3 is 1. The van der Waals surface area contributed by atoms with Crippen LogP contribution in [0, 0.1) is 5.82 Å². The zero-order chi connectivity index (χ0) is 26.3. The number of hydrazone groups is 1. The van der Waals surface area contributed by atoms with Crippen LogP contribution in [0.3, 0.4) is 0 Å². The van der Waals surface area contributed by atoms with Gasteiger partial charge in [-0.1, -0.05) is 72.8 Å². The van der Waals surface area contributed by atoms with Gasteiger partial charge in [0.1, 0.15) is 12.4 Å².